The topological polar surface area (TPSA) is 67.3 Å². The summed E-state index contributed by atoms with van der Waals surface area (Å²) in [7, 11) is 1.90. The van der Waals surface area contributed by atoms with Crippen molar-refractivity contribution in [1.82, 2.24) is 14.7 Å². The van der Waals surface area contributed by atoms with Crippen molar-refractivity contribution in [3.63, 3.8) is 0 Å². The van der Waals surface area contributed by atoms with E-state index < -0.39 is 6.09 Å². The molecule has 30 heavy (non-hydrogen) atoms. The van der Waals surface area contributed by atoms with Crippen molar-refractivity contribution in [3.05, 3.63) is 30.1 Å². The molecule has 0 aromatic heterocycles. The van der Waals surface area contributed by atoms with Gasteiger partial charge in [0.25, 0.3) is 0 Å². The number of rotatable bonds is 4. The van der Waals surface area contributed by atoms with E-state index >= 15 is 0 Å². The van der Waals surface area contributed by atoms with Gasteiger partial charge in [-0.1, -0.05) is 0 Å². The van der Waals surface area contributed by atoms with Crippen LogP contribution in [0.4, 0.5) is 14.9 Å². The highest BCUT2D eigenvalue weighted by atomic mass is 19.1. The van der Waals surface area contributed by atoms with Crippen molar-refractivity contribution in [2.75, 3.05) is 57.8 Å². The average molecular weight is 419 g/mol. The van der Waals surface area contributed by atoms with E-state index in [0.717, 1.165) is 51.3 Å². The molecule has 164 valence electrons. The normalized spacial score (nSPS) is 24.7. The number of likely N-dealkylation sites (tertiary alicyclic amines) is 2. The van der Waals surface area contributed by atoms with E-state index in [4.69, 9.17) is 0 Å². The number of carboxylic acid groups (broad SMARTS) is 1. The number of halogens is 1. The molecule has 0 bridgehead atoms. The van der Waals surface area contributed by atoms with Gasteiger partial charge < -0.3 is 19.8 Å². The van der Waals surface area contributed by atoms with Crippen LogP contribution in [0.15, 0.2) is 24.3 Å². The molecule has 1 atom stereocenters. The molecular weight excluding hydrogens is 387 g/mol. The predicted molar refractivity (Wildman–Crippen MR) is 112 cm³/mol. The Hall–Kier alpha value is -2.35. The second-order valence-electron chi connectivity index (χ2n) is 8.92. The summed E-state index contributed by atoms with van der Waals surface area (Å²) in [6, 6.07) is 6.90. The average Bonchev–Trinajstić information content (AvgIpc) is 2.98. The predicted octanol–water partition coefficient (Wildman–Crippen LogP) is 2.33. The number of hydrogen-bond acceptors (Lipinski definition) is 4. The summed E-state index contributed by atoms with van der Waals surface area (Å²) < 4.78 is 13.1. The fraction of sp³-hybridized carbons (Fsp3) is 0.636. The Morgan fingerprint density at radius 2 is 1.73 bits per heavy atom. The first-order chi connectivity index (χ1) is 14.4. The number of hydrogen-bond donors (Lipinski definition) is 1. The van der Waals surface area contributed by atoms with Crippen LogP contribution in [-0.2, 0) is 4.79 Å². The Labute approximate surface area is 177 Å². The number of nitrogens with zero attached hydrogens (tertiary/aromatic N) is 4. The molecule has 4 rings (SSSR count). The molecule has 3 aliphatic heterocycles. The minimum Gasteiger partial charge on any atom is -0.465 e. The first-order valence-corrected chi connectivity index (χ1v) is 10.9. The van der Waals surface area contributed by atoms with Crippen LogP contribution in [0.3, 0.4) is 0 Å². The van der Waals surface area contributed by atoms with Crippen molar-refractivity contribution < 1.29 is 19.1 Å². The highest BCUT2D eigenvalue weighted by molar-refractivity contribution is 5.85. The second-order valence-corrected chi connectivity index (χ2v) is 8.92. The second kappa shape index (κ2) is 8.41. The molecule has 3 saturated heterocycles. The van der Waals surface area contributed by atoms with Gasteiger partial charge in [0.1, 0.15) is 5.82 Å². The first-order valence-electron chi connectivity index (χ1n) is 10.9. The first kappa shape index (κ1) is 20.9. The summed E-state index contributed by atoms with van der Waals surface area (Å²) in [5, 5.41) is 9.18. The summed E-state index contributed by atoms with van der Waals surface area (Å²) in [5.41, 5.74) is 0.693. The lowest BCUT2D eigenvalue weighted by Crippen LogP contribution is -2.47. The van der Waals surface area contributed by atoms with Gasteiger partial charge >= 0.3 is 6.09 Å². The largest absolute Gasteiger partial charge is 0.465 e. The van der Waals surface area contributed by atoms with Crippen LogP contribution in [0.1, 0.15) is 25.7 Å². The molecule has 3 aliphatic rings. The minimum absolute atomic E-state index is 0.193. The van der Waals surface area contributed by atoms with Crippen LogP contribution in [-0.4, -0.2) is 90.7 Å². The van der Waals surface area contributed by atoms with Crippen LogP contribution < -0.4 is 4.90 Å². The third-order valence-corrected chi connectivity index (χ3v) is 7.28. The number of benzene rings is 1. The molecule has 1 aromatic carbocycles. The lowest BCUT2D eigenvalue weighted by atomic mass is 9.76. The maximum Gasteiger partial charge on any atom is 0.407 e. The summed E-state index contributed by atoms with van der Waals surface area (Å²) in [6.45, 7) is 5.61. The summed E-state index contributed by atoms with van der Waals surface area (Å²) >= 11 is 0. The Morgan fingerprint density at radius 1 is 1.10 bits per heavy atom. The molecule has 1 aromatic rings. The smallest absolute Gasteiger partial charge is 0.407 e. The van der Waals surface area contributed by atoms with Gasteiger partial charge in [0.2, 0.25) is 5.91 Å². The molecule has 8 heteroatoms. The quantitative estimate of drug-likeness (QED) is 0.813. The minimum atomic E-state index is -0.889. The molecule has 0 aliphatic carbocycles. The monoisotopic (exact) mass is 418 g/mol. The van der Waals surface area contributed by atoms with Crippen molar-refractivity contribution in [2.45, 2.75) is 31.7 Å². The van der Waals surface area contributed by atoms with E-state index in [1.807, 2.05) is 24.1 Å². The molecule has 1 unspecified atom stereocenters. The van der Waals surface area contributed by atoms with Gasteiger partial charge in [-0.2, -0.15) is 0 Å². The zero-order chi connectivity index (χ0) is 21.3. The van der Waals surface area contributed by atoms with Crippen molar-refractivity contribution in [2.24, 2.45) is 5.41 Å². The standard InChI is InChI=1S/C22H31FN4O3/c1-24-19(16-22(20(24)28)7-10-27(11-8-22)21(29)30)6-9-25-12-14-26(15-13-25)18-4-2-17(23)3-5-18/h2-5,19H,6-16H2,1H3,(H,29,30). The van der Waals surface area contributed by atoms with Gasteiger partial charge in [-0.3, -0.25) is 9.69 Å². The van der Waals surface area contributed by atoms with Gasteiger partial charge in [-0.15, -0.1) is 0 Å². The third-order valence-electron chi connectivity index (χ3n) is 7.28. The van der Waals surface area contributed by atoms with Crippen LogP contribution in [0, 0.1) is 11.2 Å². The molecule has 1 N–H and O–H groups in total. The van der Waals surface area contributed by atoms with Gasteiger partial charge in [0, 0.05) is 64.6 Å². The van der Waals surface area contributed by atoms with Crippen molar-refractivity contribution in [3.8, 4) is 0 Å². The lowest BCUT2D eigenvalue weighted by molar-refractivity contribution is -0.137. The van der Waals surface area contributed by atoms with E-state index in [-0.39, 0.29) is 23.2 Å². The molecule has 3 fully saturated rings. The summed E-state index contributed by atoms with van der Waals surface area (Å²) in [5.74, 6) is -0.0160. The highest BCUT2D eigenvalue weighted by Gasteiger charge is 2.51. The van der Waals surface area contributed by atoms with Gasteiger partial charge in [0.05, 0.1) is 5.41 Å². The van der Waals surface area contributed by atoms with E-state index in [1.54, 1.807) is 0 Å². The number of carbonyl (C=O) groups excluding carboxylic acids is 1. The maximum atomic E-state index is 13.1. The molecule has 7 nitrogen and oxygen atoms in total. The van der Waals surface area contributed by atoms with Crippen LogP contribution in [0.2, 0.25) is 0 Å². The Kier molecular flexibility index (Phi) is 5.86. The zero-order valence-corrected chi connectivity index (χ0v) is 17.6. The maximum absolute atomic E-state index is 13.1. The summed E-state index contributed by atoms with van der Waals surface area (Å²) in [6.07, 6.45) is 2.17. The molecule has 0 saturated carbocycles. The highest BCUT2D eigenvalue weighted by Crippen LogP contribution is 2.44. The van der Waals surface area contributed by atoms with E-state index in [0.29, 0.717) is 25.9 Å². The van der Waals surface area contributed by atoms with Gasteiger partial charge in [0.15, 0.2) is 0 Å². The fourth-order valence-corrected chi connectivity index (χ4v) is 5.27. The molecule has 2 amide bonds. The number of carbonyl (C=O) groups is 2. The van der Waals surface area contributed by atoms with Crippen LogP contribution >= 0.6 is 0 Å². The number of amides is 2. The zero-order valence-electron chi connectivity index (χ0n) is 17.6. The van der Waals surface area contributed by atoms with E-state index in [2.05, 4.69) is 9.80 Å². The fourth-order valence-electron chi connectivity index (χ4n) is 5.27. The summed E-state index contributed by atoms with van der Waals surface area (Å²) in [4.78, 5) is 32.2. The van der Waals surface area contributed by atoms with Crippen LogP contribution in [0.25, 0.3) is 0 Å². The van der Waals surface area contributed by atoms with Crippen molar-refractivity contribution in [1.29, 1.82) is 0 Å². The molecule has 0 radical (unpaired) electrons. The van der Waals surface area contributed by atoms with Crippen LogP contribution in [0.5, 0.6) is 0 Å². The number of piperidine rings is 1. The number of anilines is 1. The van der Waals surface area contributed by atoms with Gasteiger partial charge in [-0.25, -0.2) is 9.18 Å². The Bertz CT molecular complexity index is 771. The van der Waals surface area contributed by atoms with E-state index in [1.165, 1.54) is 17.0 Å². The van der Waals surface area contributed by atoms with Gasteiger partial charge in [-0.05, 0) is 49.9 Å². The lowest BCUT2D eigenvalue weighted by Gasteiger charge is -2.37. The number of piperazine rings is 1. The third kappa shape index (κ3) is 4.10. The molecular formula is C22H31FN4O3. The molecule has 1 spiro atoms. The van der Waals surface area contributed by atoms with E-state index in [9.17, 15) is 19.1 Å². The van der Waals surface area contributed by atoms with Crippen molar-refractivity contribution >= 4 is 17.7 Å². The molecule has 3 heterocycles. The SMILES string of the molecule is CN1C(=O)C2(CCN(C(=O)O)CC2)CC1CCN1CCN(c2ccc(F)cc2)CC1. The Morgan fingerprint density at radius 3 is 2.33 bits per heavy atom. The Balaban J connectivity index is 1.26.